The third-order valence-electron chi connectivity index (χ3n) is 8.53. The summed E-state index contributed by atoms with van der Waals surface area (Å²) in [5, 5.41) is 31.2. The van der Waals surface area contributed by atoms with Crippen molar-refractivity contribution in [1.29, 1.82) is 0 Å². The number of aliphatic hydroxyl groups excluding tert-OH is 3. The first-order valence-corrected chi connectivity index (χ1v) is 15.6. The molecule has 3 aliphatic heterocycles. The molecule has 0 aromatic carbocycles. The Bertz CT molecular complexity index is 710. The van der Waals surface area contributed by atoms with Gasteiger partial charge >= 0.3 is 5.97 Å². The van der Waals surface area contributed by atoms with Crippen LogP contribution in [-0.2, 0) is 19.0 Å². The van der Waals surface area contributed by atoms with Gasteiger partial charge in [-0.25, -0.2) is 4.79 Å². The number of esters is 1. The van der Waals surface area contributed by atoms with E-state index < -0.39 is 12.2 Å². The van der Waals surface area contributed by atoms with Gasteiger partial charge in [0.05, 0.1) is 42.7 Å². The van der Waals surface area contributed by atoms with Crippen LogP contribution in [0.4, 0.5) is 0 Å². The molecular weight excluding hydrogens is 484 g/mol. The molecule has 0 saturated carbocycles. The van der Waals surface area contributed by atoms with E-state index >= 15 is 0 Å². The second kappa shape index (κ2) is 17.0. The van der Waals surface area contributed by atoms with Crippen molar-refractivity contribution in [3.8, 4) is 0 Å². The Balaban J connectivity index is 1.14. The number of unbranched alkanes of at least 4 members (excludes halogenated alkanes) is 8. The number of hydrogen-bond donors (Lipinski definition) is 3. The average Bonchev–Trinajstić information content (AvgIpc) is 3.63. The van der Waals surface area contributed by atoms with E-state index in [4.69, 9.17) is 14.2 Å². The van der Waals surface area contributed by atoms with Crippen molar-refractivity contribution in [3.63, 3.8) is 0 Å². The number of aliphatic hydroxyl groups is 3. The molecule has 3 heterocycles. The monoisotopic (exact) mass is 538 g/mol. The van der Waals surface area contributed by atoms with Crippen molar-refractivity contribution in [1.82, 2.24) is 0 Å². The molecule has 0 radical (unpaired) electrons. The molecule has 220 valence electrons. The first kappa shape index (κ1) is 31.5. The van der Waals surface area contributed by atoms with E-state index in [9.17, 15) is 20.1 Å². The SMILES string of the molecule is CCCC[C@H](O)[C@H]1CC[C@H]([C@H]2CC[C@H]([C@H](O)CCCCCCCCCC[C@@H](O)CC3=C[C@H](C)OC3=O)O2)O1. The van der Waals surface area contributed by atoms with Crippen molar-refractivity contribution in [2.24, 2.45) is 0 Å². The molecule has 0 spiro atoms. The standard InChI is InChI=1S/C31H54O7/c1-3-4-14-25(33)27-16-18-29(37-27)30-19-17-28(38-30)26(34)15-12-10-8-6-5-7-9-11-13-24(32)21-23-20-22(2)36-31(23)35/h20,22,24-30,32-34H,3-19,21H2,1-2H3/t22-,24+,25-,26+,27+,28+,29+,30+/m0/s1. The molecule has 7 nitrogen and oxygen atoms in total. The fourth-order valence-corrected chi connectivity index (χ4v) is 6.21. The zero-order valence-corrected chi connectivity index (χ0v) is 23.9. The second-order valence-corrected chi connectivity index (χ2v) is 11.9. The highest BCUT2D eigenvalue weighted by Crippen LogP contribution is 2.34. The molecule has 0 amide bonds. The van der Waals surface area contributed by atoms with Crippen molar-refractivity contribution in [3.05, 3.63) is 11.6 Å². The number of cyclic esters (lactones) is 1. The molecule has 2 fully saturated rings. The van der Waals surface area contributed by atoms with E-state index in [1.165, 1.54) is 25.7 Å². The van der Waals surface area contributed by atoms with Crippen LogP contribution in [0, 0.1) is 0 Å². The molecule has 7 heteroatoms. The molecule has 0 aliphatic carbocycles. The Morgan fingerprint density at radius 3 is 1.76 bits per heavy atom. The van der Waals surface area contributed by atoms with Gasteiger partial charge in [-0.05, 0) is 57.9 Å². The van der Waals surface area contributed by atoms with E-state index in [1.54, 1.807) is 0 Å². The number of rotatable bonds is 19. The van der Waals surface area contributed by atoms with E-state index in [1.807, 2.05) is 13.0 Å². The van der Waals surface area contributed by atoms with Crippen LogP contribution in [0.5, 0.6) is 0 Å². The lowest BCUT2D eigenvalue weighted by atomic mass is 10.00. The molecule has 3 rings (SSSR count). The van der Waals surface area contributed by atoms with E-state index in [0.29, 0.717) is 12.0 Å². The predicted octanol–water partition coefficient (Wildman–Crippen LogP) is 5.52. The molecule has 3 aliphatic rings. The van der Waals surface area contributed by atoms with Gasteiger partial charge in [-0.2, -0.15) is 0 Å². The van der Waals surface area contributed by atoms with E-state index in [0.717, 1.165) is 83.5 Å². The third kappa shape index (κ3) is 10.5. The molecule has 0 aromatic rings. The van der Waals surface area contributed by atoms with Crippen molar-refractivity contribution in [2.45, 2.75) is 178 Å². The predicted molar refractivity (Wildman–Crippen MR) is 148 cm³/mol. The first-order chi connectivity index (χ1) is 18.4. The maximum atomic E-state index is 11.6. The van der Waals surface area contributed by atoms with Gasteiger partial charge in [0.25, 0.3) is 0 Å². The van der Waals surface area contributed by atoms with Crippen molar-refractivity contribution >= 4 is 5.97 Å². The lowest BCUT2D eigenvalue weighted by Gasteiger charge is -2.24. The highest BCUT2D eigenvalue weighted by molar-refractivity contribution is 5.90. The summed E-state index contributed by atoms with van der Waals surface area (Å²) in [5.74, 6) is -0.282. The Hall–Kier alpha value is -0.990. The first-order valence-electron chi connectivity index (χ1n) is 15.6. The Morgan fingerprint density at radius 1 is 0.763 bits per heavy atom. The van der Waals surface area contributed by atoms with Crippen molar-refractivity contribution < 1.29 is 34.3 Å². The maximum absolute atomic E-state index is 11.6. The summed E-state index contributed by atoms with van der Waals surface area (Å²) >= 11 is 0. The van der Waals surface area contributed by atoms with Gasteiger partial charge in [0, 0.05) is 12.0 Å². The quantitative estimate of drug-likeness (QED) is 0.147. The van der Waals surface area contributed by atoms with E-state index in [2.05, 4.69) is 6.92 Å². The van der Waals surface area contributed by atoms with Crippen LogP contribution >= 0.6 is 0 Å². The lowest BCUT2D eigenvalue weighted by Crippen LogP contribution is -2.33. The zero-order valence-electron chi connectivity index (χ0n) is 23.9. The number of carbonyl (C=O) groups is 1. The van der Waals surface area contributed by atoms with Crippen LogP contribution < -0.4 is 0 Å². The highest BCUT2D eigenvalue weighted by Gasteiger charge is 2.40. The third-order valence-corrected chi connectivity index (χ3v) is 8.53. The number of carbonyl (C=O) groups excluding carboxylic acids is 1. The minimum absolute atomic E-state index is 0.0548. The summed E-state index contributed by atoms with van der Waals surface area (Å²) in [6.07, 6.45) is 18.0. The largest absolute Gasteiger partial charge is 0.455 e. The topological polar surface area (TPSA) is 105 Å². The fourth-order valence-electron chi connectivity index (χ4n) is 6.21. The van der Waals surface area contributed by atoms with Crippen LogP contribution in [0.2, 0.25) is 0 Å². The minimum atomic E-state index is -0.462. The van der Waals surface area contributed by atoms with Crippen LogP contribution in [0.25, 0.3) is 0 Å². The van der Waals surface area contributed by atoms with Crippen LogP contribution in [0.15, 0.2) is 11.6 Å². The Labute approximate surface area is 230 Å². The minimum Gasteiger partial charge on any atom is -0.455 e. The van der Waals surface area contributed by atoms with Gasteiger partial charge in [-0.1, -0.05) is 71.1 Å². The summed E-state index contributed by atoms with van der Waals surface area (Å²) in [5.41, 5.74) is 0.615. The molecule has 0 unspecified atom stereocenters. The van der Waals surface area contributed by atoms with E-state index in [-0.39, 0.29) is 42.6 Å². The maximum Gasteiger partial charge on any atom is 0.334 e. The number of hydrogen-bond acceptors (Lipinski definition) is 7. The average molecular weight is 539 g/mol. The number of ether oxygens (including phenoxy) is 3. The molecule has 2 saturated heterocycles. The molecular formula is C31H54O7. The van der Waals surface area contributed by atoms with Crippen LogP contribution in [0.3, 0.4) is 0 Å². The molecule has 0 aromatic heterocycles. The molecule has 3 N–H and O–H groups in total. The highest BCUT2D eigenvalue weighted by atomic mass is 16.6. The Morgan fingerprint density at radius 2 is 1.26 bits per heavy atom. The Kier molecular flexibility index (Phi) is 14.1. The second-order valence-electron chi connectivity index (χ2n) is 11.9. The smallest absolute Gasteiger partial charge is 0.334 e. The zero-order chi connectivity index (χ0) is 27.3. The summed E-state index contributed by atoms with van der Waals surface area (Å²) < 4.78 is 17.4. The molecule has 8 atom stereocenters. The van der Waals surface area contributed by atoms with Crippen molar-refractivity contribution in [2.75, 3.05) is 0 Å². The normalized spacial score (nSPS) is 29.9. The summed E-state index contributed by atoms with van der Waals surface area (Å²) in [6.45, 7) is 3.97. The fraction of sp³-hybridized carbons (Fsp3) is 0.903. The van der Waals surface area contributed by atoms with Gasteiger partial charge in [0.15, 0.2) is 0 Å². The molecule has 0 bridgehead atoms. The van der Waals surface area contributed by atoms with Gasteiger partial charge < -0.3 is 29.5 Å². The van der Waals surface area contributed by atoms with Crippen LogP contribution in [0.1, 0.15) is 129 Å². The van der Waals surface area contributed by atoms with Gasteiger partial charge in [0.2, 0.25) is 0 Å². The van der Waals surface area contributed by atoms with Crippen LogP contribution in [-0.4, -0.2) is 70.1 Å². The summed E-state index contributed by atoms with van der Waals surface area (Å²) in [7, 11) is 0. The summed E-state index contributed by atoms with van der Waals surface area (Å²) in [4.78, 5) is 11.6. The van der Waals surface area contributed by atoms with Gasteiger partial charge in [-0.15, -0.1) is 0 Å². The van der Waals surface area contributed by atoms with Gasteiger partial charge in [-0.3, -0.25) is 0 Å². The lowest BCUT2D eigenvalue weighted by molar-refractivity contribution is -0.139. The molecule has 38 heavy (non-hydrogen) atoms. The van der Waals surface area contributed by atoms with Gasteiger partial charge in [0.1, 0.15) is 6.10 Å². The summed E-state index contributed by atoms with van der Waals surface area (Å²) in [6, 6.07) is 0.